The van der Waals surface area contributed by atoms with Crippen LogP contribution in [0.25, 0.3) is 22.3 Å². The molecule has 0 unspecified atom stereocenters. The first kappa shape index (κ1) is 30.9. The monoisotopic (exact) mass is 608 g/mol. The lowest BCUT2D eigenvalue weighted by Crippen LogP contribution is -2.60. The normalized spacial score (nSPS) is 30.8. The average molecular weight is 609 g/mol. The van der Waals surface area contributed by atoms with E-state index >= 15 is 0 Å². The van der Waals surface area contributed by atoms with Crippen LogP contribution >= 0.6 is 0 Å². The number of aliphatic hydroxyl groups excluding tert-OH is 5. The summed E-state index contributed by atoms with van der Waals surface area (Å²) in [4.78, 5) is 12.8. The number of benzene rings is 2. The molecule has 15 nitrogen and oxygen atoms in total. The summed E-state index contributed by atoms with van der Waals surface area (Å²) in [6, 6.07) is 8.72. The Labute approximate surface area is 243 Å². The lowest BCUT2D eigenvalue weighted by molar-refractivity contribution is -0.289. The molecule has 234 valence electrons. The molecule has 0 amide bonds. The number of fused-ring (bicyclic) bond motifs is 1. The molecule has 0 spiro atoms. The molecule has 15 heteroatoms. The van der Waals surface area contributed by atoms with E-state index in [1.54, 1.807) is 12.1 Å². The zero-order valence-corrected chi connectivity index (χ0v) is 23.0. The van der Waals surface area contributed by atoms with Gasteiger partial charge in [0.2, 0.25) is 12.0 Å². The van der Waals surface area contributed by atoms with Crippen molar-refractivity contribution in [3.63, 3.8) is 0 Å². The third kappa shape index (κ3) is 5.74. The molecule has 0 saturated carbocycles. The van der Waals surface area contributed by atoms with Gasteiger partial charge >= 0.3 is 0 Å². The van der Waals surface area contributed by atoms with Crippen LogP contribution in [0.4, 0.5) is 0 Å². The van der Waals surface area contributed by atoms with E-state index in [4.69, 9.17) is 32.8 Å². The van der Waals surface area contributed by atoms with Crippen LogP contribution in [0.15, 0.2) is 45.6 Å². The van der Waals surface area contributed by atoms with Gasteiger partial charge in [-0.05, 0) is 24.3 Å². The van der Waals surface area contributed by atoms with E-state index in [9.17, 15) is 40.5 Å². The van der Waals surface area contributed by atoms with Crippen LogP contribution in [-0.2, 0) is 14.2 Å². The molecule has 3 heterocycles. The molecular weight excluding hydrogens is 576 g/mol. The van der Waals surface area contributed by atoms with Gasteiger partial charge in [0.05, 0.1) is 34.0 Å². The Morgan fingerprint density at radius 1 is 0.977 bits per heavy atom. The van der Waals surface area contributed by atoms with Gasteiger partial charge < -0.3 is 68.6 Å². The second-order valence-corrected chi connectivity index (χ2v) is 10.2. The minimum Gasteiger partial charge on any atom is -0.504 e. The van der Waals surface area contributed by atoms with Crippen molar-refractivity contribution in [3.05, 3.63) is 46.6 Å². The fourth-order valence-corrected chi connectivity index (χ4v) is 4.86. The predicted octanol–water partition coefficient (Wildman–Crippen LogP) is -1.17. The van der Waals surface area contributed by atoms with Gasteiger partial charge in [-0.1, -0.05) is 0 Å². The molecule has 0 aliphatic carbocycles. The van der Waals surface area contributed by atoms with Gasteiger partial charge in [0.25, 0.3) is 0 Å². The zero-order valence-electron chi connectivity index (χ0n) is 23.0. The molecule has 2 aliphatic heterocycles. The first-order valence-corrected chi connectivity index (χ1v) is 13.1. The highest BCUT2D eigenvalue weighted by Gasteiger charge is 2.50. The standard InChI is InChI=1S/C28H32O15/c1-37-17-8-16-19(21(32)24(17)38-2)14(30)7-15(42-16)12-3-5-13(6-4-12)41-26-23(34)22(33)20(31)18(43-26)9-39-27-25(35)28(36,10-29)11-40-27/h3-8,18,20,22-23,25-27,29,31-36H,9-11H2,1-2H3/t18-,20-,22+,23-,25+,26-,27-,28-/m1/s1. The molecule has 2 aliphatic rings. The number of ether oxygens (including phenoxy) is 6. The van der Waals surface area contributed by atoms with Crippen LogP contribution in [0.2, 0.25) is 0 Å². The van der Waals surface area contributed by atoms with Gasteiger partial charge in [-0.25, -0.2) is 0 Å². The van der Waals surface area contributed by atoms with E-state index in [0.29, 0.717) is 5.56 Å². The van der Waals surface area contributed by atoms with Gasteiger partial charge in [0, 0.05) is 17.7 Å². The number of hydrogen-bond donors (Lipinski definition) is 7. The summed E-state index contributed by atoms with van der Waals surface area (Å²) >= 11 is 0. The molecule has 3 aromatic rings. The fraction of sp³-hybridized carbons (Fsp3) is 0.464. The van der Waals surface area contributed by atoms with Crippen LogP contribution in [0, 0.1) is 0 Å². The third-order valence-electron chi connectivity index (χ3n) is 7.40. The van der Waals surface area contributed by atoms with E-state index in [1.165, 1.54) is 38.5 Å². The highest BCUT2D eigenvalue weighted by molar-refractivity contribution is 5.89. The van der Waals surface area contributed by atoms with E-state index in [0.717, 1.165) is 0 Å². The molecule has 2 fully saturated rings. The largest absolute Gasteiger partial charge is 0.504 e. The Kier molecular flexibility index (Phi) is 8.80. The lowest BCUT2D eigenvalue weighted by atomic mass is 9.99. The van der Waals surface area contributed by atoms with E-state index in [-0.39, 0.29) is 40.6 Å². The van der Waals surface area contributed by atoms with Crippen LogP contribution in [0.5, 0.6) is 23.0 Å². The highest BCUT2D eigenvalue weighted by atomic mass is 16.7. The summed E-state index contributed by atoms with van der Waals surface area (Å²) in [5.41, 5.74) is -1.91. The van der Waals surface area contributed by atoms with Crippen molar-refractivity contribution < 1.29 is 68.6 Å². The van der Waals surface area contributed by atoms with Crippen molar-refractivity contribution in [2.75, 3.05) is 34.0 Å². The first-order valence-electron chi connectivity index (χ1n) is 13.1. The van der Waals surface area contributed by atoms with Crippen molar-refractivity contribution in [3.8, 4) is 34.3 Å². The van der Waals surface area contributed by atoms with Gasteiger partial charge in [0.1, 0.15) is 58.6 Å². The van der Waals surface area contributed by atoms with Crippen molar-refractivity contribution in [2.24, 2.45) is 0 Å². The maximum Gasteiger partial charge on any atom is 0.229 e. The number of aromatic hydroxyl groups is 1. The van der Waals surface area contributed by atoms with Gasteiger partial charge in [-0.3, -0.25) is 4.79 Å². The molecular formula is C28H32O15. The minimum absolute atomic E-state index is 0.00606. The SMILES string of the molecule is COc1cc2oc(-c3ccc(O[C@@H]4O[C@H](CO[C@@H]5OC[C@](O)(CO)[C@H]5O)[C@@H](O)[C@H](O)[C@H]4O)cc3)cc(=O)c2c(O)c1OC. The molecule has 0 radical (unpaired) electrons. The molecule has 0 bridgehead atoms. The smallest absolute Gasteiger partial charge is 0.229 e. The molecule has 5 rings (SSSR count). The van der Waals surface area contributed by atoms with Crippen LogP contribution in [0.3, 0.4) is 0 Å². The second kappa shape index (κ2) is 12.2. The summed E-state index contributed by atoms with van der Waals surface area (Å²) in [7, 11) is 2.70. The molecule has 1 aromatic heterocycles. The van der Waals surface area contributed by atoms with E-state index in [1.807, 2.05) is 0 Å². The van der Waals surface area contributed by atoms with Crippen molar-refractivity contribution in [1.29, 1.82) is 0 Å². The predicted molar refractivity (Wildman–Crippen MR) is 144 cm³/mol. The summed E-state index contributed by atoms with van der Waals surface area (Å²) in [5, 5.41) is 71.2. The topological polar surface area (TPSA) is 227 Å². The Morgan fingerprint density at radius 2 is 1.70 bits per heavy atom. The molecule has 8 atom stereocenters. The molecule has 2 aromatic carbocycles. The van der Waals surface area contributed by atoms with E-state index in [2.05, 4.69) is 0 Å². The molecule has 43 heavy (non-hydrogen) atoms. The van der Waals surface area contributed by atoms with Crippen molar-refractivity contribution in [2.45, 2.75) is 48.7 Å². The van der Waals surface area contributed by atoms with Crippen LogP contribution in [-0.4, -0.2) is 118 Å². The van der Waals surface area contributed by atoms with Gasteiger partial charge in [-0.15, -0.1) is 0 Å². The maximum atomic E-state index is 12.8. The number of phenols is 1. The minimum atomic E-state index is -1.91. The first-order chi connectivity index (χ1) is 20.5. The van der Waals surface area contributed by atoms with Crippen molar-refractivity contribution in [1.82, 2.24) is 0 Å². The molecule has 2 saturated heterocycles. The van der Waals surface area contributed by atoms with E-state index < -0.39 is 73.1 Å². The molecule has 7 N–H and O–H groups in total. The third-order valence-corrected chi connectivity index (χ3v) is 7.40. The summed E-state index contributed by atoms with van der Waals surface area (Å²) in [6.07, 6.45) is -10.5. The summed E-state index contributed by atoms with van der Waals surface area (Å²) in [6.45, 7) is -1.59. The van der Waals surface area contributed by atoms with Crippen LogP contribution in [0.1, 0.15) is 0 Å². The zero-order chi connectivity index (χ0) is 31.1. The maximum absolute atomic E-state index is 12.8. The van der Waals surface area contributed by atoms with Gasteiger partial charge in [0.15, 0.2) is 23.2 Å². The average Bonchev–Trinajstić information content (AvgIpc) is 3.29. The number of hydrogen-bond acceptors (Lipinski definition) is 15. The lowest BCUT2D eigenvalue weighted by Gasteiger charge is -2.40. The number of phenolic OH excluding ortho intramolecular Hbond substituents is 1. The Morgan fingerprint density at radius 3 is 2.33 bits per heavy atom. The Hall–Kier alpha value is -3.51. The van der Waals surface area contributed by atoms with Crippen molar-refractivity contribution >= 4 is 11.0 Å². The summed E-state index contributed by atoms with van der Waals surface area (Å²) < 4.78 is 38.1. The second-order valence-electron chi connectivity index (χ2n) is 10.2. The highest BCUT2D eigenvalue weighted by Crippen LogP contribution is 2.42. The Balaban J connectivity index is 1.30. The van der Waals surface area contributed by atoms with Crippen LogP contribution < -0.4 is 19.6 Å². The fourth-order valence-electron chi connectivity index (χ4n) is 4.86. The summed E-state index contributed by atoms with van der Waals surface area (Å²) in [5.74, 6) is 0.0998. The number of rotatable bonds is 9. The number of methoxy groups -OCH3 is 2. The Bertz CT molecular complexity index is 1490. The quantitative estimate of drug-likeness (QED) is 0.152. The number of aliphatic hydroxyl groups is 6. The van der Waals surface area contributed by atoms with Gasteiger partial charge in [-0.2, -0.15) is 0 Å².